The van der Waals surface area contributed by atoms with E-state index in [1.807, 2.05) is 44.2 Å². The molecule has 4 rings (SSSR count). The Morgan fingerprint density at radius 3 is 2.41 bits per heavy atom. The number of likely N-dealkylation sites (tertiary alicyclic amines) is 1. The molecule has 8 nitrogen and oxygen atoms in total. The van der Waals surface area contributed by atoms with Crippen LogP contribution in [0.2, 0.25) is 0 Å². The molecular weight excluding hydrogens is 454 g/mol. The van der Waals surface area contributed by atoms with Crippen LogP contribution in [0.15, 0.2) is 35.7 Å². The number of fused-ring (bicyclic) bond motifs is 1. The number of carbonyl (C=O) groups excluding carboxylic acids is 4. The van der Waals surface area contributed by atoms with Crippen molar-refractivity contribution in [2.24, 2.45) is 11.8 Å². The molecule has 9 heteroatoms. The second kappa shape index (κ2) is 9.89. The van der Waals surface area contributed by atoms with Crippen LogP contribution in [0.4, 0.5) is 10.8 Å². The average Bonchev–Trinajstić information content (AvgIpc) is 3.36. The molecule has 0 N–H and O–H groups in total. The van der Waals surface area contributed by atoms with Gasteiger partial charge in [-0.2, -0.15) is 0 Å². The van der Waals surface area contributed by atoms with Crippen LogP contribution in [0, 0.1) is 25.7 Å². The minimum atomic E-state index is -0.513. The molecule has 0 unspecified atom stereocenters. The summed E-state index contributed by atoms with van der Waals surface area (Å²) in [5, 5.41) is 2.23. The highest BCUT2D eigenvalue weighted by Gasteiger charge is 2.46. The Labute approximate surface area is 202 Å². The van der Waals surface area contributed by atoms with Crippen molar-refractivity contribution in [3.63, 3.8) is 0 Å². The number of carbonyl (C=O) groups is 4. The van der Waals surface area contributed by atoms with E-state index in [-0.39, 0.29) is 49.1 Å². The second-order valence-corrected chi connectivity index (χ2v) is 9.48. The molecule has 0 radical (unpaired) electrons. The lowest BCUT2D eigenvalue weighted by Gasteiger charge is -2.19. The maximum atomic E-state index is 12.5. The van der Waals surface area contributed by atoms with Gasteiger partial charge in [0.1, 0.15) is 6.61 Å². The zero-order chi connectivity index (χ0) is 24.4. The number of benzene rings is 1. The Balaban J connectivity index is 1.33. The van der Waals surface area contributed by atoms with Gasteiger partial charge in [0.15, 0.2) is 5.13 Å². The Bertz CT molecular complexity index is 1150. The number of thiazole rings is 1. The summed E-state index contributed by atoms with van der Waals surface area (Å²) in [6, 6.07) is 5.77. The maximum Gasteiger partial charge on any atom is 0.307 e. The number of aryl methyl sites for hydroxylation is 2. The molecule has 1 aromatic heterocycles. The standard InChI is InChI=1S/C25H27N3O5S/c1-15-8-9-19(12-16(15)2)28(17(3)29)25-26-18(14-34-25)13-33-22(30)10-11-27-23(31)20-6-4-5-7-21(20)24(27)32/h4-5,8-9,12,14,20-21H,6-7,10-11,13H2,1-3H3/t20-,21-/m1/s1. The summed E-state index contributed by atoms with van der Waals surface area (Å²) < 4.78 is 5.31. The summed E-state index contributed by atoms with van der Waals surface area (Å²) in [5.41, 5.74) is 3.45. The van der Waals surface area contributed by atoms with E-state index in [4.69, 9.17) is 4.74 Å². The molecule has 0 bridgehead atoms. The van der Waals surface area contributed by atoms with Gasteiger partial charge in [0, 0.05) is 18.8 Å². The molecule has 34 heavy (non-hydrogen) atoms. The Morgan fingerprint density at radius 1 is 1.12 bits per heavy atom. The largest absolute Gasteiger partial charge is 0.459 e. The smallest absolute Gasteiger partial charge is 0.307 e. The number of amides is 3. The van der Waals surface area contributed by atoms with Crippen LogP contribution in [0.5, 0.6) is 0 Å². The van der Waals surface area contributed by atoms with Gasteiger partial charge >= 0.3 is 5.97 Å². The van der Waals surface area contributed by atoms with E-state index in [0.29, 0.717) is 23.7 Å². The minimum absolute atomic E-state index is 0.0245. The molecule has 1 aromatic carbocycles. The third-order valence-electron chi connectivity index (χ3n) is 6.31. The molecule has 1 aliphatic heterocycles. The lowest BCUT2D eigenvalue weighted by molar-refractivity contribution is -0.147. The molecule has 3 amide bonds. The van der Waals surface area contributed by atoms with Crippen molar-refractivity contribution in [3.8, 4) is 0 Å². The summed E-state index contributed by atoms with van der Waals surface area (Å²) in [7, 11) is 0. The fraction of sp³-hybridized carbons (Fsp3) is 0.400. The molecule has 0 spiro atoms. The first kappa shape index (κ1) is 23.8. The summed E-state index contributed by atoms with van der Waals surface area (Å²) in [6.45, 7) is 5.44. The van der Waals surface area contributed by atoms with Gasteiger partial charge in [0.05, 0.1) is 29.6 Å². The lowest BCUT2D eigenvalue weighted by atomic mass is 9.85. The monoisotopic (exact) mass is 481 g/mol. The van der Waals surface area contributed by atoms with Crippen LogP contribution in [-0.4, -0.2) is 40.1 Å². The van der Waals surface area contributed by atoms with Gasteiger partial charge in [-0.05, 0) is 49.9 Å². The summed E-state index contributed by atoms with van der Waals surface area (Å²) in [5.74, 6) is -1.69. The zero-order valence-electron chi connectivity index (χ0n) is 19.4. The second-order valence-electron chi connectivity index (χ2n) is 8.64. The topological polar surface area (TPSA) is 96.9 Å². The van der Waals surface area contributed by atoms with E-state index in [1.165, 1.54) is 28.1 Å². The number of esters is 1. The van der Waals surface area contributed by atoms with E-state index >= 15 is 0 Å². The number of hydrogen-bond donors (Lipinski definition) is 0. The van der Waals surface area contributed by atoms with Gasteiger partial charge < -0.3 is 4.74 Å². The highest BCUT2D eigenvalue weighted by molar-refractivity contribution is 7.14. The Kier molecular flexibility index (Phi) is 6.92. The summed E-state index contributed by atoms with van der Waals surface area (Å²) >= 11 is 1.29. The predicted octanol–water partition coefficient (Wildman–Crippen LogP) is 3.83. The van der Waals surface area contributed by atoms with Crippen molar-refractivity contribution in [1.29, 1.82) is 0 Å². The quantitative estimate of drug-likeness (QED) is 0.339. The third kappa shape index (κ3) is 4.79. The lowest BCUT2D eigenvalue weighted by Crippen LogP contribution is -2.33. The number of allylic oxidation sites excluding steroid dienone is 2. The van der Waals surface area contributed by atoms with Crippen LogP contribution < -0.4 is 4.90 Å². The van der Waals surface area contributed by atoms with Crippen LogP contribution in [0.25, 0.3) is 0 Å². The fourth-order valence-electron chi connectivity index (χ4n) is 4.28. The van der Waals surface area contributed by atoms with Gasteiger partial charge in [0.2, 0.25) is 17.7 Å². The van der Waals surface area contributed by atoms with E-state index in [2.05, 4.69) is 4.98 Å². The molecule has 178 valence electrons. The van der Waals surface area contributed by atoms with E-state index in [1.54, 1.807) is 5.38 Å². The number of aromatic nitrogens is 1. The highest BCUT2D eigenvalue weighted by Crippen LogP contribution is 2.35. The van der Waals surface area contributed by atoms with Gasteiger partial charge in [-0.25, -0.2) is 4.98 Å². The van der Waals surface area contributed by atoms with E-state index in [0.717, 1.165) is 16.8 Å². The van der Waals surface area contributed by atoms with Crippen molar-refractivity contribution in [2.75, 3.05) is 11.4 Å². The maximum absolute atomic E-state index is 12.5. The van der Waals surface area contributed by atoms with Crippen molar-refractivity contribution >= 4 is 45.8 Å². The molecule has 1 aliphatic carbocycles. The number of anilines is 2. The molecule has 1 fully saturated rings. The molecule has 1 saturated heterocycles. The minimum Gasteiger partial charge on any atom is -0.459 e. The molecule has 2 aromatic rings. The fourth-order valence-corrected chi connectivity index (χ4v) is 5.15. The number of nitrogens with zero attached hydrogens (tertiary/aromatic N) is 3. The Hall–Kier alpha value is -3.33. The highest BCUT2D eigenvalue weighted by atomic mass is 32.1. The van der Waals surface area contributed by atoms with Crippen LogP contribution >= 0.6 is 11.3 Å². The zero-order valence-corrected chi connectivity index (χ0v) is 20.3. The summed E-state index contributed by atoms with van der Waals surface area (Å²) in [4.78, 5) is 56.8. The molecule has 2 aliphatic rings. The first-order valence-electron chi connectivity index (χ1n) is 11.2. The van der Waals surface area contributed by atoms with Crippen molar-refractivity contribution in [1.82, 2.24) is 9.88 Å². The van der Waals surface area contributed by atoms with Crippen molar-refractivity contribution in [3.05, 3.63) is 52.6 Å². The van der Waals surface area contributed by atoms with Gasteiger partial charge in [-0.15, -0.1) is 11.3 Å². The number of imide groups is 1. The first-order valence-corrected chi connectivity index (χ1v) is 12.1. The average molecular weight is 482 g/mol. The number of rotatable bonds is 7. The molecular formula is C25H27N3O5S. The van der Waals surface area contributed by atoms with Gasteiger partial charge in [0.25, 0.3) is 0 Å². The van der Waals surface area contributed by atoms with Crippen LogP contribution in [0.3, 0.4) is 0 Å². The predicted molar refractivity (Wildman–Crippen MR) is 127 cm³/mol. The normalized spacial score (nSPS) is 19.3. The molecule has 2 heterocycles. The van der Waals surface area contributed by atoms with Crippen molar-refractivity contribution < 1.29 is 23.9 Å². The molecule has 2 atom stereocenters. The van der Waals surface area contributed by atoms with Crippen LogP contribution in [0.1, 0.15) is 43.0 Å². The Morgan fingerprint density at radius 2 is 1.79 bits per heavy atom. The van der Waals surface area contributed by atoms with Gasteiger partial charge in [-0.3, -0.25) is 29.0 Å². The van der Waals surface area contributed by atoms with E-state index in [9.17, 15) is 19.2 Å². The van der Waals surface area contributed by atoms with Crippen molar-refractivity contribution in [2.45, 2.75) is 46.6 Å². The SMILES string of the molecule is CC(=O)N(c1ccc(C)c(C)c1)c1nc(COC(=O)CCN2C(=O)[C@@H]3CC=CC[C@H]3C2=O)cs1. The third-order valence-corrected chi connectivity index (χ3v) is 7.19. The number of hydrogen-bond acceptors (Lipinski definition) is 7. The molecule has 0 saturated carbocycles. The summed E-state index contributed by atoms with van der Waals surface area (Å²) in [6.07, 6.45) is 4.94. The van der Waals surface area contributed by atoms with Gasteiger partial charge in [-0.1, -0.05) is 18.2 Å². The van der Waals surface area contributed by atoms with Crippen LogP contribution in [-0.2, 0) is 30.5 Å². The number of ether oxygens (including phenoxy) is 1. The first-order chi connectivity index (χ1) is 16.3. The van der Waals surface area contributed by atoms with E-state index < -0.39 is 5.97 Å².